The van der Waals surface area contributed by atoms with Gasteiger partial charge in [-0.25, -0.2) is 0 Å². The van der Waals surface area contributed by atoms with Gasteiger partial charge in [-0.1, -0.05) is 150 Å². The summed E-state index contributed by atoms with van der Waals surface area (Å²) >= 11 is 0. The van der Waals surface area contributed by atoms with Crippen molar-refractivity contribution in [3.05, 3.63) is 97.2 Å². The molecule has 1 atom stereocenters. The molecule has 0 N–H and O–H groups in total. The Morgan fingerprint density at radius 2 is 0.643 bits per heavy atom. The number of hydrogen-bond acceptors (Lipinski definition) is 6. The third-order valence-corrected chi connectivity index (χ3v) is 8.81. The van der Waals surface area contributed by atoms with E-state index in [1.807, 2.05) is 0 Å². The predicted octanol–water partition coefficient (Wildman–Crippen LogP) is 14.2. The first-order valence-electron chi connectivity index (χ1n) is 22.2. The summed E-state index contributed by atoms with van der Waals surface area (Å²) in [6.45, 7) is 6.19. The van der Waals surface area contributed by atoms with E-state index in [0.717, 1.165) is 109 Å². The molecule has 0 aromatic carbocycles. The Morgan fingerprint density at radius 1 is 0.357 bits per heavy atom. The van der Waals surface area contributed by atoms with Gasteiger partial charge in [-0.15, -0.1) is 0 Å². The van der Waals surface area contributed by atoms with Crippen molar-refractivity contribution < 1.29 is 28.6 Å². The van der Waals surface area contributed by atoms with Gasteiger partial charge in [0.15, 0.2) is 6.10 Å². The van der Waals surface area contributed by atoms with E-state index in [1.165, 1.54) is 25.7 Å². The highest BCUT2D eigenvalue weighted by Gasteiger charge is 2.19. The van der Waals surface area contributed by atoms with Crippen molar-refractivity contribution in [2.45, 2.75) is 187 Å². The van der Waals surface area contributed by atoms with Gasteiger partial charge in [0.05, 0.1) is 0 Å². The Balaban J connectivity index is 4.51. The quantitative estimate of drug-likeness (QED) is 0.0269. The number of carbonyl (C=O) groups excluding carboxylic acids is 3. The molecule has 0 saturated carbocycles. The van der Waals surface area contributed by atoms with Crippen molar-refractivity contribution in [3.63, 3.8) is 0 Å². The fourth-order valence-electron chi connectivity index (χ4n) is 5.56. The minimum absolute atomic E-state index is 0.111. The predicted molar refractivity (Wildman–Crippen MR) is 237 cm³/mol. The number of allylic oxidation sites excluding steroid dienone is 16. The van der Waals surface area contributed by atoms with Crippen molar-refractivity contribution >= 4 is 17.9 Å². The molecule has 0 fully saturated rings. The third kappa shape index (κ3) is 41.5. The molecular weight excluding hydrogens is 697 g/mol. The van der Waals surface area contributed by atoms with Crippen molar-refractivity contribution in [3.8, 4) is 0 Å². The van der Waals surface area contributed by atoms with Crippen LogP contribution in [0.15, 0.2) is 97.2 Å². The minimum Gasteiger partial charge on any atom is -0.462 e. The van der Waals surface area contributed by atoms with E-state index >= 15 is 0 Å². The standard InChI is InChI=1S/C50H80O6/c1-4-7-10-13-16-19-22-25-26-29-31-34-37-40-43-49(52)55-46-47(56-50(53)44-41-38-35-32-28-24-21-18-15-12-9-6-3)45-54-48(51)42-39-36-33-30-27-23-20-17-14-11-8-5-2/h7-12,16-21,27-28,30,32,47H,4-6,13-15,22-26,29,31,33-46H2,1-3H3/b10-7-,11-8-,12-9-,19-16-,20-17-,21-18-,30-27-,32-28-. The Morgan fingerprint density at radius 3 is 1.04 bits per heavy atom. The number of carbonyl (C=O) groups is 3. The Labute approximate surface area is 343 Å². The Hall–Kier alpha value is -3.67. The zero-order valence-corrected chi connectivity index (χ0v) is 35.9. The molecular formula is C50H80O6. The normalized spacial score (nSPS) is 13.0. The fraction of sp³-hybridized carbons (Fsp3) is 0.620. The largest absolute Gasteiger partial charge is 0.462 e. The lowest BCUT2D eigenvalue weighted by Gasteiger charge is -2.18. The number of rotatable bonds is 38. The molecule has 0 saturated heterocycles. The van der Waals surface area contributed by atoms with Crippen LogP contribution in [0.25, 0.3) is 0 Å². The highest BCUT2D eigenvalue weighted by atomic mass is 16.6. The van der Waals surface area contributed by atoms with Crippen LogP contribution in [0.4, 0.5) is 0 Å². The second-order valence-electron chi connectivity index (χ2n) is 14.2. The average molecular weight is 777 g/mol. The number of unbranched alkanes of at least 4 members (excludes halogenated alkanes) is 11. The minimum atomic E-state index is -0.814. The summed E-state index contributed by atoms with van der Waals surface area (Å²) in [5, 5.41) is 0. The van der Waals surface area contributed by atoms with Crippen LogP contribution in [0.5, 0.6) is 0 Å². The van der Waals surface area contributed by atoms with Gasteiger partial charge in [-0.3, -0.25) is 14.4 Å². The lowest BCUT2D eigenvalue weighted by atomic mass is 10.1. The van der Waals surface area contributed by atoms with Crippen molar-refractivity contribution in [2.24, 2.45) is 0 Å². The summed E-state index contributed by atoms with van der Waals surface area (Å²) in [4.78, 5) is 37.7. The van der Waals surface area contributed by atoms with Crippen LogP contribution in [0.3, 0.4) is 0 Å². The zero-order chi connectivity index (χ0) is 40.8. The topological polar surface area (TPSA) is 78.9 Å². The Kier molecular flexibility index (Phi) is 41.2. The molecule has 0 aliphatic rings. The molecule has 0 aromatic heterocycles. The highest BCUT2D eigenvalue weighted by molar-refractivity contribution is 5.71. The molecule has 0 aromatic rings. The van der Waals surface area contributed by atoms with Gasteiger partial charge in [-0.2, -0.15) is 0 Å². The van der Waals surface area contributed by atoms with Crippen LogP contribution in [-0.2, 0) is 28.6 Å². The van der Waals surface area contributed by atoms with Gasteiger partial charge in [0, 0.05) is 19.3 Å². The summed E-state index contributed by atoms with van der Waals surface area (Å²) in [5.74, 6) is -1.01. The number of ether oxygens (including phenoxy) is 3. The van der Waals surface area contributed by atoms with Crippen LogP contribution < -0.4 is 0 Å². The van der Waals surface area contributed by atoms with E-state index in [-0.39, 0.29) is 37.5 Å². The molecule has 1 unspecified atom stereocenters. The first-order chi connectivity index (χ1) is 27.5. The van der Waals surface area contributed by atoms with Gasteiger partial charge < -0.3 is 14.2 Å². The van der Waals surface area contributed by atoms with E-state index in [4.69, 9.17) is 14.2 Å². The lowest BCUT2D eigenvalue weighted by molar-refractivity contribution is -0.167. The maximum Gasteiger partial charge on any atom is 0.306 e. The summed E-state index contributed by atoms with van der Waals surface area (Å²) in [5.41, 5.74) is 0. The second kappa shape index (κ2) is 44.0. The first-order valence-corrected chi connectivity index (χ1v) is 22.2. The van der Waals surface area contributed by atoms with Gasteiger partial charge >= 0.3 is 17.9 Å². The molecule has 0 spiro atoms. The molecule has 316 valence electrons. The molecule has 0 bridgehead atoms. The molecule has 56 heavy (non-hydrogen) atoms. The van der Waals surface area contributed by atoms with Gasteiger partial charge in [0.1, 0.15) is 13.2 Å². The molecule has 0 amide bonds. The molecule has 6 nitrogen and oxygen atoms in total. The zero-order valence-electron chi connectivity index (χ0n) is 35.9. The monoisotopic (exact) mass is 777 g/mol. The SMILES string of the molecule is CC/C=C\C/C=C\C/C=C\CCCCC(=O)OCC(COC(=O)CCCCCCCCC/C=C\C/C=C\CC)OC(=O)CCCC/C=C\C/C=C\C/C=C\CC. The summed E-state index contributed by atoms with van der Waals surface area (Å²) in [7, 11) is 0. The van der Waals surface area contributed by atoms with Crippen LogP contribution in [0.1, 0.15) is 181 Å². The van der Waals surface area contributed by atoms with E-state index < -0.39 is 6.10 Å². The molecule has 6 heteroatoms. The average Bonchev–Trinajstić information content (AvgIpc) is 3.19. The summed E-state index contributed by atoms with van der Waals surface area (Å²) in [6.07, 6.45) is 56.8. The molecule has 0 aliphatic heterocycles. The van der Waals surface area contributed by atoms with Crippen molar-refractivity contribution in [2.75, 3.05) is 13.2 Å². The van der Waals surface area contributed by atoms with Gasteiger partial charge in [0.2, 0.25) is 0 Å². The van der Waals surface area contributed by atoms with Crippen molar-refractivity contribution in [1.82, 2.24) is 0 Å². The Bertz CT molecular complexity index is 1170. The summed E-state index contributed by atoms with van der Waals surface area (Å²) in [6, 6.07) is 0. The maximum atomic E-state index is 12.7. The van der Waals surface area contributed by atoms with Gasteiger partial charge in [0.25, 0.3) is 0 Å². The van der Waals surface area contributed by atoms with E-state index in [2.05, 4.69) is 118 Å². The lowest BCUT2D eigenvalue weighted by Crippen LogP contribution is -2.30. The van der Waals surface area contributed by atoms with E-state index in [0.29, 0.717) is 19.3 Å². The third-order valence-electron chi connectivity index (χ3n) is 8.81. The molecule has 0 rings (SSSR count). The smallest absolute Gasteiger partial charge is 0.306 e. The second-order valence-corrected chi connectivity index (χ2v) is 14.2. The van der Waals surface area contributed by atoms with Crippen LogP contribution in [0, 0.1) is 0 Å². The van der Waals surface area contributed by atoms with E-state index in [1.54, 1.807) is 0 Å². The molecule has 0 aliphatic carbocycles. The van der Waals surface area contributed by atoms with Crippen LogP contribution in [0.2, 0.25) is 0 Å². The van der Waals surface area contributed by atoms with Gasteiger partial charge in [-0.05, 0) is 109 Å². The molecule has 0 heterocycles. The van der Waals surface area contributed by atoms with Crippen LogP contribution >= 0.6 is 0 Å². The fourth-order valence-corrected chi connectivity index (χ4v) is 5.56. The van der Waals surface area contributed by atoms with Crippen molar-refractivity contribution in [1.29, 1.82) is 0 Å². The maximum absolute atomic E-state index is 12.7. The van der Waals surface area contributed by atoms with Crippen LogP contribution in [-0.4, -0.2) is 37.2 Å². The summed E-state index contributed by atoms with van der Waals surface area (Å²) < 4.78 is 16.6. The van der Waals surface area contributed by atoms with E-state index in [9.17, 15) is 14.4 Å². The number of hydrogen-bond donors (Lipinski definition) is 0. The molecule has 0 radical (unpaired) electrons. The first kappa shape index (κ1) is 52.3. The highest BCUT2D eigenvalue weighted by Crippen LogP contribution is 2.12. The number of esters is 3.